The minimum atomic E-state index is -0.757. The summed E-state index contributed by atoms with van der Waals surface area (Å²) < 4.78 is 10.6. The number of carbonyl (C=O) groups excluding carboxylic acids is 1. The van der Waals surface area contributed by atoms with E-state index in [9.17, 15) is 24.5 Å². The van der Waals surface area contributed by atoms with Crippen LogP contribution in [-0.4, -0.2) is 51.2 Å². The van der Waals surface area contributed by atoms with E-state index in [-0.39, 0.29) is 34.1 Å². The molecule has 0 saturated carbocycles. The number of benzene rings is 1. The Kier molecular flexibility index (Phi) is 7.69. The van der Waals surface area contributed by atoms with Crippen LogP contribution in [0.15, 0.2) is 31.8 Å². The molecule has 1 aromatic carbocycles. The summed E-state index contributed by atoms with van der Waals surface area (Å²) in [5.41, 5.74) is 0.728. The number of aromatic amines is 2. The summed E-state index contributed by atoms with van der Waals surface area (Å²) in [5, 5.41) is 20.6. The SMILES string of the molecule is COc1cc(/C=N/NC(=O)CSc2n[nH]c(=O)[nH]c2=O)cc([N+](=O)[O-])c1OC(C)C. The van der Waals surface area contributed by atoms with Crippen LogP contribution in [0.3, 0.4) is 0 Å². The lowest BCUT2D eigenvalue weighted by Gasteiger charge is -2.14. The predicted octanol–water partition coefficient (Wildman–Crippen LogP) is 0.405. The third-order valence-electron chi connectivity index (χ3n) is 3.25. The van der Waals surface area contributed by atoms with Gasteiger partial charge in [-0.25, -0.2) is 15.3 Å². The maximum atomic E-state index is 11.8. The van der Waals surface area contributed by atoms with Gasteiger partial charge >= 0.3 is 11.4 Å². The minimum Gasteiger partial charge on any atom is -0.493 e. The standard InChI is InChI=1S/C16H18N6O7S/c1-8(2)29-13-10(22(26)27)4-9(5-11(13)28-3)6-17-19-12(23)7-30-15-14(24)18-16(25)21-20-15/h4-6,8H,7H2,1-3H3,(H,19,23)(H2,18,21,24,25)/b17-6+. The van der Waals surface area contributed by atoms with Crippen molar-refractivity contribution in [3.63, 3.8) is 0 Å². The first-order valence-corrected chi connectivity index (χ1v) is 9.36. The van der Waals surface area contributed by atoms with Crippen molar-refractivity contribution in [2.75, 3.05) is 12.9 Å². The van der Waals surface area contributed by atoms with Gasteiger partial charge in [-0.1, -0.05) is 11.8 Å². The van der Waals surface area contributed by atoms with Crippen LogP contribution in [0.2, 0.25) is 0 Å². The molecule has 0 saturated heterocycles. The lowest BCUT2D eigenvalue weighted by molar-refractivity contribution is -0.386. The van der Waals surface area contributed by atoms with Gasteiger partial charge in [0.25, 0.3) is 5.56 Å². The van der Waals surface area contributed by atoms with Gasteiger partial charge < -0.3 is 9.47 Å². The van der Waals surface area contributed by atoms with Crippen LogP contribution in [0, 0.1) is 10.1 Å². The number of ether oxygens (including phenoxy) is 2. The van der Waals surface area contributed by atoms with E-state index >= 15 is 0 Å². The molecule has 0 spiro atoms. The maximum absolute atomic E-state index is 11.8. The molecule has 0 aliphatic carbocycles. The number of nitrogens with one attached hydrogen (secondary N) is 3. The molecule has 0 unspecified atom stereocenters. The monoisotopic (exact) mass is 438 g/mol. The van der Waals surface area contributed by atoms with Crippen molar-refractivity contribution < 1.29 is 19.2 Å². The van der Waals surface area contributed by atoms with Gasteiger partial charge in [0.15, 0.2) is 10.8 Å². The summed E-state index contributed by atoms with van der Waals surface area (Å²) in [5.74, 6) is -0.632. The Morgan fingerprint density at radius 1 is 1.43 bits per heavy atom. The second-order valence-electron chi connectivity index (χ2n) is 5.89. The number of thioether (sulfide) groups is 1. The number of methoxy groups -OCH3 is 1. The van der Waals surface area contributed by atoms with Crippen LogP contribution in [0.25, 0.3) is 0 Å². The third-order valence-corrected chi connectivity index (χ3v) is 4.21. The molecule has 0 radical (unpaired) electrons. The first-order chi connectivity index (χ1) is 14.2. The Bertz CT molecular complexity index is 1080. The summed E-state index contributed by atoms with van der Waals surface area (Å²) in [4.78, 5) is 47.0. The van der Waals surface area contributed by atoms with Gasteiger partial charge in [0.2, 0.25) is 11.7 Å². The Labute approximate surface area is 173 Å². The molecule has 1 amide bonds. The smallest absolute Gasteiger partial charge is 0.342 e. The Morgan fingerprint density at radius 2 is 2.17 bits per heavy atom. The third kappa shape index (κ3) is 6.16. The molecule has 1 aromatic heterocycles. The van der Waals surface area contributed by atoms with Crippen LogP contribution in [-0.2, 0) is 4.79 Å². The molecular weight excluding hydrogens is 420 g/mol. The van der Waals surface area contributed by atoms with Gasteiger partial charge in [0, 0.05) is 11.6 Å². The molecule has 0 atom stereocenters. The number of hydrazone groups is 1. The number of nitro benzene ring substituents is 1. The van der Waals surface area contributed by atoms with E-state index in [1.165, 1.54) is 25.5 Å². The van der Waals surface area contributed by atoms with Crippen molar-refractivity contribution in [3.8, 4) is 11.5 Å². The van der Waals surface area contributed by atoms with Crippen LogP contribution in [0.1, 0.15) is 19.4 Å². The quantitative estimate of drug-likeness (QED) is 0.216. The van der Waals surface area contributed by atoms with Crippen LogP contribution in [0.4, 0.5) is 5.69 Å². The first kappa shape index (κ1) is 22.6. The summed E-state index contributed by atoms with van der Waals surface area (Å²) in [6.07, 6.45) is 0.889. The number of hydrogen-bond donors (Lipinski definition) is 3. The molecule has 0 bridgehead atoms. The van der Waals surface area contributed by atoms with E-state index < -0.39 is 22.1 Å². The summed E-state index contributed by atoms with van der Waals surface area (Å²) >= 11 is 0.793. The number of nitro groups is 1. The number of rotatable bonds is 9. The molecule has 0 aliphatic rings. The van der Waals surface area contributed by atoms with Crippen molar-refractivity contribution in [2.24, 2.45) is 5.10 Å². The average molecular weight is 438 g/mol. The number of nitrogens with zero attached hydrogens (tertiary/aromatic N) is 3. The fraction of sp³-hybridized carbons (Fsp3) is 0.312. The Morgan fingerprint density at radius 3 is 2.77 bits per heavy atom. The highest BCUT2D eigenvalue weighted by molar-refractivity contribution is 7.99. The Hall–Kier alpha value is -3.68. The maximum Gasteiger partial charge on any atom is 0.342 e. The second kappa shape index (κ2) is 10.2. The highest BCUT2D eigenvalue weighted by Gasteiger charge is 2.23. The van der Waals surface area contributed by atoms with Crippen molar-refractivity contribution in [2.45, 2.75) is 25.0 Å². The highest BCUT2D eigenvalue weighted by Crippen LogP contribution is 2.38. The summed E-state index contributed by atoms with van der Waals surface area (Å²) in [6.45, 7) is 3.45. The van der Waals surface area contributed by atoms with Gasteiger partial charge in [-0.15, -0.1) is 0 Å². The molecule has 160 valence electrons. The fourth-order valence-electron chi connectivity index (χ4n) is 2.10. The van der Waals surface area contributed by atoms with E-state index in [4.69, 9.17) is 9.47 Å². The normalized spacial score (nSPS) is 10.9. The first-order valence-electron chi connectivity index (χ1n) is 8.38. The van der Waals surface area contributed by atoms with Crippen molar-refractivity contribution in [3.05, 3.63) is 48.6 Å². The lowest BCUT2D eigenvalue weighted by Crippen LogP contribution is -2.26. The number of carbonyl (C=O) groups is 1. The van der Waals surface area contributed by atoms with E-state index in [2.05, 4.69) is 20.7 Å². The van der Waals surface area contributed by atoms with E-state index in [0.29, 0.717) is 5.56 Å². The average Bonchev–Trinajstić information content (AvgIpc) is 2.67. The molecule has 0 aliphatic heterocycles. The zero-order valence-corrected chi connectivity index (χ0v) is 16.9. The Balaban J connectivity index is 2.08. The molecule has 2 rings (SSSR count). The summed E-state index contributed by atoms with van der Waals surface area (Å²) in [6, 6.07) is 2.70. The van der Waals surface area contributed by atoms with Crippen molar-refractivity contribution >= 4 is 29.6 Å². The molecule has 3 N–H and O–H groups in total. The molecule has 2 aromatic rings. The summed E-state index contributed by atoms with van der Waals surface area (Å²) in [7, 11) is 1.35. The number of hydrogen-bond acceptors (Lipinski definition) is 10. The van der Waals surface area contributed by atoms with Gasteiger partial charge in [-0.3, -0.25) is 24.7 Å². The topological polar surface area (TPSA) is 182 Å². The van der Waals surface area contributed by atoms with Gasteiger partial charge in [0.05, 0.1) is 30.1 Å². The van der Waals surface area contributed by atoms with Crippen molar-refractivity contribution in [1.29, 1.82) is 0 Å². The number of amides is 1. The van der Waals surface area contributed by atoms with Crippen LogP contribution in [0.5, 0.6) is 11.5 Å². The zero-order chi connectivity index (χ0) is 22.3. The van der Waals surface area contributed by atoms with E-state index in [1.54, 1.807) is 13.8 Å². The number of H-pyrrole nitrogens is 2. The highest BCUT2D eigenvalue weighted by atomic mass is 32.2. The van der Waals surface area contributed by atoms with Crippen molar-refractivity contribution in [1.82, 2.24) is 20.6 Å². The van der Waals surface area contributed by atoms with Crippen LogP contribution >= 0.6 is 11.8 Å². The van der Waals surface area contributed by atoms with E-state index in [1.807, 2.05) is 4.98 Å². The molecule has 14 heteroatoms. The van der Waals surface area contributed by atoms with Crippen LogP contribution < -0.4 is 26.1 Å². The van der Waals surface area contributed by atoms with Gasteiger partial charge in [0.1, 0.15) is 0 Å². The second-order valence-corrected chi connectivity index (χ2v) is 6.85. The van der Waals surface area contributed by atoms with Gasteiger partial charge in [-0.05, 0) is 19.9 Å². The molecule has 13 nitrogen and oxygen atoms in total. The van der Waals surface area contributed by atoms with Gasteiger partial charge in [-0.2, -0.15) is 10.2 Å². The molecular formula is C16H18N6O7S. The van der Waals surface area contributed by atoms with E-state index in [0.717, 1.165) is 11.8 Å². The molecule has 30 heavy (non-hydrogen) atoms. The molecule has 1 heterocycles. The molecule has 0 fully saturated rings. The largest absolute Gasteiger partial charge is 0.493 e. The minimum absolute atomic E-state index is 0.00582. The fourth-order valence-corrected chi connectivity index (χ4v) is 2.73. The lowest BCUT2D eigenvalue weighted by atomic mass is 10.2. The number of aromatic nitrogens is 3. The predicted molar refractivity (Wildman–Crippen MR) is 107 cm³/mol. The zero-order valence-electron chi connectivity index (χ0n) is 16.1.